The van der Waals surface area contributed by atoms with E-state index >= 15 is 0 Å². The van der Waals surface area contributed by atoms with Crippen molar-refractivity contribution in [3.8, 4) is 0 Å². The van der Waals surface area contributed by atoms with Gasteiger partial charge in [-0.2, -0.15) is 0 Å². The van der Waals surface area contributed by atoms with Gasteiger partial charge in [0.05, 0.1) is 12.2 Å². The van der Waals surface area contributed by atoms with E-state index in [0.717, 1.165) is 51.4 Å². The number of rotatable bonds is 17. The monoisotopic (exact) mass is 314 g/mol. The summed E-state index contributed by atoms with van der Waals surface area (Å²) in [6.45, 7) is 4.37. The van der Waals surface area contributed by atoms with Crippen LogP contribution in [0.4, 0.5) is 0 Å². The van der Waals surface area contributed by atoms with Gasteiger partial charge in [-0.15, -0.1) is 0 Å². The van der Waals surface area contributed by atoms with Crippen LogP contribution in [0.3, 0.4) is 0 Å². The molecule has 0 heterocycles. The summed E-state index contributed by atoms with van der Waals surface area (Å²) in [5.74, 6) is 0. The van der Waals surface area contributed by atoms with Crippen molar-refractivity contribution >= 4 is 0 Å². The maximum atomic E-state index is 9.97. The lowest BCUT2D eigenvalue weighted by Crippen LogP contribution is -2.07. The van der Waals surface area contributed by atoms with Crippen LogP contribution < -0.4 is 0 Å². The lowest BCUT2D eigenvalue weighted by atomic mass is 10.0. The van der Waals surface area contributed by atoms with E-state index in [9.17, 15) is 10.2 Å². The third-order valence-electron chi connectivity index (χ3n) is 4.59. The van der Waals surface area contributed by atoms with Crippen LogP contribution >= 0.6 is 0 Å². The lowest BCUT2D eigenvalue weighted by Gasteiger charge is -2.11. The van der Waals surface area contributed by atoms with E-state index in [-0.39, 0.29) is 12.2 Å². The smallest absolute Gasteiger partial charge is 0.0540 e. The highest BCUT2D eigenvalue weighted by Crippen LogP contribution is 2.15. The first kappa shape index (κ1) is 21.9. The maximum absolute atomic E-state index is 9.97. The normalized spacial score (nSPS) is 14.2. The van der Waals surface area contributed by atoms with E-state index in [1.165, 1.54) is 51.4 Å². The zero-order chi connectivity index (χ0) is 16.5. The topological polar surface area (TPSA) is 40.5 Å². The van der Waals surface area contributed by atoms with E-state index in [1.807, 2.05) is 0 Å². The van der Waals surface area contributed by atoms with Gasteiger partial charge >= 0.3 is 0 Å². The predicted molar refractivity (Wildman–Crippen MR) is 97.2 cm³/mol. The van der Waals surface area contributed by atoms with Gasteiger partial charge in [0, 0.05) is 0 Å². The maximum Gasteiger partial charge on any atom is 0.0540 e. The molecule has 0 bridgehead atoms. The summed E-state index contributed by atoms with van der Waals surface area (Å²) < 4.78 is 0. The summed E-state index contributed by atoms with van der Waals surface area (Å²) in [7, 11) is 0. The number of aliphatic hydroxyl groups is 2. The van der Waals surface area contributed by atoms with Crippen LogP contribution in [0.1, 0.15) is 117 Å². The molecular formula is C20H42O2. The molecule has 0 rings (SSSR count). The molecule has 0 aliphatic heterocycles. The van der Waals surface area contributed by atoms with E-state index < -0.39 is 0 Å². The predicted octanol–water partition coefficient (Wildman–Crippen LogP) is 5.99. The molecule has 0 amide bonds. The molecule has 2 N–H and O–H groups in total. The molecule has 0 aliphatic rings. The minimum absolute atomic E-state index is 0.0966. The Balaban J connectivity index is 3.21. The van der Waals surface area contributed by atoms with Crippen molar-refractivity contribution in [2.75, 3.05) is 0 Å². The number of unbranched alkanes of at least 4 members (excludes halogenated alkanes) is 9. The second-order valence-corrected chi connectivity index (χ2v) is 7.00. The molecule has 0 aromatic heterocycles. The zero-order valence-corrected chi connectivity index (χ0v) is 15.4. The Hall–Kier alpha value is -0.0800. The Morgan fingerprint density at radius 1 is 0.455 bits per heavy atom. The summed E-state index contributed by atoms with van der Waals surface area (Å²) in [6.07, 6.45) is 18.7. The quantitative estimate of drug-likeness (QED) is 0.324. The van der Waals surface area contributed by atoms with Crippen molar-refractivity contribution in [1.82, 2.24) is 0 Å². The van der Waals surface area contributed by atoms with Crippen LogP contribution in [-0.4, -0.2) is 22.4 Å². The Morgan fingerprint density at radius 2 is 0.818 bits per heavy atom. The number of hydrogen-bond acceptors (Lipinski definition) is 2. The standard InChI is InChI=1S/C20H42O2/c1-3-5-6-7-8-9-10-12-17-20(22)18-14-11-13-16-19(21)15-4-2/h19-22H,3-18H2,1-2H3. The minimum Gasteiger partial charge on any atom is -0.393 e. The van der Waals surface area contributed by atoms with E-state index in [2.05, 4.69) is 13.8 Å². The fourth-order valence-corrected chi connectivity index (χ4v) is 3.07. The van der Waals surface area contributed by atoms with Gasteiger partial charge in [-0.3, -0.25) is 0 Å². The highest BCUT2D eigenvalue weighted by molar-refractivity contribution is 4.59. The Bertz CT molecular complexity index is 206. The van der Waals surface area contributed by atoms with E-state index in [0.29, 0.717) is 0 Å². The lowest BCUT2D eigenvalue weighted by molar-refractivity contribution is 0.140. The van der Waals surface area contributed by atoms with Gasteiger partial charge in [-0.05, 0) is 25.7 Å². The Kier molecular flexibility index (Phi) is 17.2. The van der Waals surface area contributed by atoms with E-state index in [4.69, 9.17) is 0 Å². The van der Waals surface area contributed by atoms with Gasteiger partial charge in [0.1, 0.15) is 0 Å². The van der Waals surface area contributed by atoms with Crippen molar-refractivity contribution < 1.29 is 10.2 Å². The van der Waals surface area contributed by atoms with Gasteiger partial charge in [-0.25, -0.2) is 0 Å². The van der Waals surface area contributed by atoms with Crippen LogP contribution in [-0.2, 0) is 0 Å². The molecule has 2 atom stereocenters. The second kappa shape index (κ2) is 17.3. The SMILES string of the molecule is CCCCCCCCCCC(O)CCCCCC(O)CCC. The Morgan fingerprint density at radius 3 is 1.27 bits per heavy atom. The van der Waals surface area contributed by atoms with Crippen molar-refractivity contribution in [2.24, 2.45) is 0 Å². The van der Waals surface area contributed by atoms with Crippen LogP contribution in [0.15, 0.2) is 0 Å². The third kappa shape index (κ3) is 16.3. The molecule has 0 aromatic rings. The van der Waals surface area contributed by atoms with Gasteiger partial charge in [0.15, 0.2) is 0 Å². The molecule has 0 aliphatic carbocycles. The van der Waals surface area contributed by atoms with Crippen molar-refractivity contribution in [2.45, 2.75) is 129 Å². The molecule has 2 heteroatoms. The summed E-state index contributed by atoms with van der Waals surface area (Å²) in [5.41, 5.74) is 0. The Labute approximate surface area is 139 Å². The van der Waals surface area contributed by atoms with Gasteiger partial charge in [-0.1, -0.05) is 90.9 Å². The van der Waals surface area contributed by atoms with Crippen LogP contribution in [0.5, 0.6) is 0 Å². The first-order valence-corrected chi connectivity index (χ1v) is 10.1. The van der Waals surface area contributed by atoms with Crippen LogP contribution in [0.25, 0.3) is 0 Å². The first-order valence-electron chi connectivity index (χ1n) is 10.1. The molecular weight excluding hydrogens is 272 g/mol. The van der Waals surface area contributed by atoms with Crippen molar-refractivity contribution in [1.29, 1.82) is 0 Å². The molecule has 22 heavy (non-hydrogen) atoms. The number of hydrogen-bond donors (Lipinski definition) is 2. The van der Waals surface area contributed by atoms with Gasteiger partial charge < -0.3 is 10.2 Å². The third-order valence-corrected chi connectivity index (χ3v) is 4.59. The summed E-state index contributed by atoms with van der Waals surface area (Å²) in [6, 6.07) is 0. The fourth-order valence-electron chi connectivity index (χ4n) is 3.07. The van der Waals surface area contributed by atoms with E-state index in [1.54, 1.807) is 0 Å². The fraction of sp³-hybridized carbons (Fsp3) is 1.00. The largest absolute Gasteiger partial charge is 0.393 e. The first-order chi connectivity index (χ1) is 10.7. The van der Waals surface area contributed by atoms with Gasteiger partial charge in [0.2, 0.25) is 0 Å². The average Bonchev–Trinajstić information content (AvgIpc) is 2.50. The molecule has 2 nitrogen and oxygen atoms in total. The molecule has 0 radical (unpaired) electrons. The average molecular weight is 315 g/mol. The zero-order valence-electron chi connectivity index (χ0n) is 15.4. The summed E-state index contributed by atoms with van der Waals surface area (Å²) >= 11 is 0. The molecule has 0 spiro atoms. The highest BCUT2D eigenvalue weighted by atomic mass is 16.3. The van der Waals surface area contributed by atoms with Crippen LogP contribution in [0.2, 0.25) is 0 Å². The van der Waals surface area contributed by atoms with Crippen molar-refractivity contribution in [3.05, 3.63) is 0 Å². The van der Waals surface area contributed by atoms with Crippen molar-refractivity contribution in [3.63, 3.8) is 0 Å². The molecule has 0 aromatic carbocycles. The summed E-state index contributed by atoms with van der Waals surface area (Å²) in [5, 5.41) is 19.6. The molecule has 134 valence electrons. The molecule has 0 fully saturated rings. The van der Waals surface area contributed by atoms with Crippen LogP contribution in [0, 0.1) is 0 Å². The highest BCUT2D eigenvalue weighted by Gasteiger charge is 2.05. The molecule has 0 saturated heterocycles. The minimum atomic E-state index is -0.104. The van der Waals surface area contributed by atoms with Gasteiger partial charge in [0.25, 0.3) is 0 Å². The molecule has 2 unspecified atom stereocenters. The second-order valence-electron chi connectivity index (χ2n) is 7.00. The summed E-state index contributed by atoms with van der Waals surface area (Å²) in [4.78, 5) is 0. The molecule has 0 saturated carbocycles. The number of aliphatic hydroxyl groups excluding tert-OH is 2.